The Kier molecular flexibility index (Phi) is 8.20. The van der Waals surface area contributed by atoms with Crippen LogP contribution in [0.4, 0.5) is 0 Å². The van der Waals surface area contributed by atoms with Crippen molar-refractivity contribution >= 4 is 0 Å². The number of hydrogen-bond donors (Lipinski definition) is 0. The fraction of sp³-hybridized carbons (Fsp3) is 0.667. The van der Waals surface area contributed by atoms with Gasteiger partial charge in [-0.2, -0.15) is 0 Å². The molecule has 0 aromatic heterocycles. The van der Waals surface area contributed by atoms with Gasteiger partial charge in [-0.25, -0.2) is 0 Å². The fourth-order valence-electron chi connectivity index (χ4n) is 1.25. The van der Waals surface area contributed by atoms with Gasteiger partial charge in [0.15, 0.2) is 0 Å². The van der Waals surface area contributed by atoms with E-state index in [1.807, 2.05) is 0 Å². The molecule has 0 saturated heterocycles. The Morgan fingerprint density at radius 3 is 2.42 bits per heavy atom. The van der Waals surface area contributed by atoms with Crippen LogP contribution in [0.25, 0.3) is 0 Å². The molecule has 0 radical (unpaired) electrons. The van der Waals surface area contributed by atoms with Crippen molar-refractivity contribution in [3.05, 3.63) is 23.8 Å². The third-order valence-electron chi connectivity index (χ3n) is 1.88. The van der Waals surface area contributed by atoms with Crippen LogP contribution in [-0.2, 0) is 0 Å². The predicted molar refractivity (Wildman–Crippen MR) is 57.3 cm³/mol. The summed E-state index contributed by atoms with van der Waals surface area (Å²) >= 11 is 0. The lowest BCUT2D eigenvalue weighted by atomic mass is 10.1. The van der Waals surface area contributed by atoms with Gasteiger partial charge in [0.1, 0.15) is 0 Å². The molecule has 0 aliphatic rings. The molecule has 0 nitrogen and oxygen atoms in total. The van der Waals surface area contributed by atoms with Gasteiger partial charge in [0, 0.05) is 0 Å². The zero-order valence-electron chi connectivity index (χ0n) is 8.77. The summed E-state index contributed by atoms with van der Waals surface area (Å²) in [6, 6.07) is 0. The molecule has 0 unspecified atom stereocenters. The monoisotopic (exact) mass is 166 g/mol. The highest BCUT2D eigenvalue weighted by Crippen LogP contribution is 2.09. The lowest BCUT2D eigenvalue weighted by molar-refractivity contribution is 0.805. The molecule has 70 valence electrons. The van der Waals surface area contributed by atoms with Crippen molar-refractivity contribution in [2.45, 2.75) is 52.9 Å². The molecule has 0 aromatic carbocycles. The number of allylic oxidation sites excluding steroid dienone is 4. The van der Waals surface area contributed by atoms with Crippen LogP contribution in [0.3, 0.4) is 0 Å². The SMILES string of the molecule is C/C=C/C(=C\CCCC)CCC. The second kappa shape index (κ2) is 8.58. The van der Waals surface area contributed by atoms with Crippen molar-refractivity contribution in [2.75, 3.05) is 0 Å². The standard InChI is InChI=1S/C12H22/c1-4-7-8-11-12(9-5-2)10-6-3/h5,9,11H,4,6-8,10H2,1-3H3/b9-5+,12-11+. The highest BCUT2D eigenvalue weighted by molar-refractivity contribution is 5.17. The van der Waals surface area contributed by atoms with Gasteiger partial charge in [0.25, 0.3) is 0 Å². The Morgan fingerprint density at radius 1 is 1.17 bits per heavy atom. The van der Waals surface area contributed by atoms with Gasteiger partial charge in [0.2, 0.25) is 0 Å². The van der Waals surface area contributed by atoms with Gasteiger partial charge in [-0.1, -0.05) is 56.9 Å². The van der Waals surface area contributed by atoms with Crippen LogP contribution < -0.4 is 0 Å². The van der Waals surface area contributed by atoms with E-state index in [9.17, 15) is 0 Å². The van der Waals surface area contributed by atoms with Crippen LogP contribution >= 0.6 is 0 Å². The normalized spacial score (nSPS) is 12.8. The molecule has 0 bridgehead atoms. The summed E-state index contributed by atoms with van der Waals surface area (Å²) in [4.78, 5) is 0. The minimum absolute atomic E-state index is 1.23. The first-order valence-corrected chi connectivity index (χ1v) is 5.16. The van der Waals surface area contributed by atoms with Crippen molar-refractivity contribution in [3.63, 3.8) is 0 Å². The Hall–Kier alpha value is -0.520. The maximum Gasteiger partial charge on any atom is -0.0285 e. The van der Waals surface area contributed by atoms with E-state index in [4.69, 9.17) is 0 Å². The van der Waals surface area contributed by atoms with Crippen LogP contribution in [0.5, 0.6) is 0 Å². The minimum atomic E-state index is 1.23. The van der Waals surface area contributed by atoms with Crippen molar-refractivity contribution in [2.24, 2.45) is 0 Å². The molecule has 0 aromatic rings. The van der Waals surface area contributed by atoms with Crippen LogP contribution in [0.1, 0.15) is 52.9 Å². The van der Waals surface area contributed by atoms with Gasteiger partial charge in [-0.15, -0.1) is 0 Å². The molecule has 0 atom stereocenters. The first-order valence-electron chi connectivity index (χ1n) is 5.16. The molecule has 0 N–H and O–H groups in total. The largest absolute Gasteiger partial charge is 0.0874 e. The van der Waals surface area contributed by atoms with Crippen LogP contribution in [0.2, 0.25) is 0 Å². The smallest absolute Gasteiger partial charge is 0.0285 e. The van der Waals surface area contributed by atoms with Crippen LogP contribution in [0, 0.1) is 0 Å². The maximum absolute atomic E-state index is 2.38. The molecule has 0 rings (SSSR count). The zero-order valence-corrected chi connectivity index (χ0v) is 8.77. The van der Waals surface area contributed by atoms with E-state index in [2.05, 4.69) is 39.0 Å². The molecule has 0 saturated carbocycles. The molecule has 12 heavy (non-hydrogen) atoms. The van der Waals surface area contributed by atoms with Gasteiger partial charge >= 0.3 is 0 Å². The Balaban J connectivity index is 3.81. The number of rotatable bonds is 6. The van der Waals surface area contributed by atoms with Crippen molar-refractivity contribution < 1.29 is 0 Å². The second-order valence-electron chi connectivity index (χ2n) is 3.17. The van der Waals surface area contributed by atoms with Crippen LogP contribution in [-0.4, -0.2) is 0 Å². The highest BCUT2D eigenvalue weighted by atomic mass is 13.9. The van der Waals surface area contributed by atoms with Crippen molar-refractivity contribution in [1.82, 2.24) is 0 Å². The van der Waals surface area contributed by atoms with Gasteiger partial charge < -0.3 is 0 Å². The molecule has 0 heterocycles. The lowest BCUT2D eigenvalue weighted by Gasteiger charge is -1.98. The summed E-state index contributed by atoms with van der Waals surface area (Å²) in [6.45, 7) is 6.56. The number of unbranched alkanes of at least 4 members (excludes halogenated alkanes) is 2. The second-order valence-corrected chi connectivity index (χ2v) is 3.17. The lowest BCUT2D eigenvalue weighted by Crippen LogP contribution is -1.78. The quantitative estimate of drug-likeness (QED) is 0.403. The Bertz CT molecular complexity index is 140. The van der Waals surface area contributed by atoms with E-state index in [1.165, 1.54) is 37.7 Å². The summed E-state index contributed by atoms with van der Waals surface area (Å²) in [5.41, 5.74) is 1.51. The van der Waals surface area contributed by atoms with E-state index in [1.54, 1.807) is 0 Å². The summed E-state index contributed by atoms with van der Waals surface area (Å²) in [7, 11) is 0. The van der Waals surface area contributed by atoms with E-state index < -0.39 is 0 Å². The summed E-state index contributed by atoms with van der Waals surface area (Å²) in [6.07, 6.45) is 13.1. The van der Waals surface area contributed by atoms with Gasteiger partial charge in [-0.05, 0) is 19.8 Å². The molecule has 0 aliphatic carbocycles. The topological polar surface area (TPSA) is 0 Å². The average Bonchev–Trinajstić information content (AvgIpc) is 2.06. The first-order chi connectivity index (χ1) is 5.85. The predicted octanol–water partition coefficient (Wildman–Crippen LogP) is 4.48. The van der Waals surface area contributed by atoms with E-state index in [0.717, 1.165) is 0 Å². The number of hydrogen-bond acceptors (Lipinski definition) is 0. The Morgan fingerprint density at radius 2 is 1.92 bits per heavy atom. The Labute approximate surface area is 77.4 Å². The first kappa shape index (κ1) is 11.5. The van der Waals surface area contributed by atoms with E-state index in [-0.39, 0.29) is 0 Å². The van der Waals surface area contributed by atoms with E-state index in [0.29, 0.717) is 0 Å². The molecule has 0 fully saturated rings. The van der Waals surface area contributed by atoms with Crippen molar-refractivity contribution in [3.8, 4) is 0 Å². The van der Waals surface area contributed by atoms with Crippen molar-refractivity contribution in [1.29, 1.82) is 0 Å². The molecular weight excluding hydrogens is 144 g/mol. The molecular formula is C12H22. The summed E-state index contributed by atoms with van der Waals surface area (Å²) in [5, 5.41) is 0. The maximum atomic E-state index is 2.38. The van der Waals surface area contributed by atoms with Gasteiger partial charge in [0.05, 0.1) is 0 Å². The fourth-order valence-corrected chi connectivity index (χ4v) is 1.25. The highest BCUT2D eigenvalue weighted by Gasteiger charge is 1.89. The van der Waals surface area contributed by atoms with Gasteiger partial charge in [-0.3, -0.25) is 0 Å². The summed E-state index contributed by atoms with van der Waals surface area (Å²) < 4.78 is 0. The molecule has 0 heteroatoms. The third kappa shape index (κ3) is 6.21. The van der Waals surface area contributed by atoms with E-state index >= 15 is 0 Å². The molecule has 0 amide bonds. The molecule has 0 aliphatic heterocycles. The zero-order chi connectivity index (χ0) is 9.23. The summed E-state index contributed by atoms with van der Waals surface area (Å²) in [5.74, 6) is 0. The molecule has 0 spiro atoms. The minimum Gasteiger partial charge on any atom is -0.0874 e. The average molecular weight is 166 g/mol. The van der Waals surface area contributed by atoms with Crippen LogP contribution in [0.15, 0.2) is 23.8 Å². The third-order valence-corrected chi connectivity index (χ3v) is 1.88.